The van der Waals surface area contributed by atoms with Gasteiger partial charge in [-0.25, -0.2) is 0 Å². The smallest absolute Gasteiger partial charge is 0.277 e. The van der Waals surface area contributed by atoms with Gasteiger partial charge in [0.15, 0.2) is 11.5 Å². The van der Waals surface area contributed by atoms with Crippen molar-refractivity contribution in [1.82, 2.24) is 15.5 Å². The minimum absolute atomic E-state index is 0.0359. The number of carbonyl (C=O) groups is 2. The average Bonchev–Trinajstić information content (AvgIpc) is 3.29. The average molecular weight is 458 g/mol. The SMILES string of the molecule is COc1ccccc1NC(=O)CSc1nnc(CNC(=O)c2ccc(OC)c(OC)c2)o1. The van der Waals surface area contributed by atoms with Gasteiger partial charge in [0.05, 0.1) is 39.3 Å². The van der Waals surface area contributed by atoms with E-state index in [4.69, 9.17) is 18.6 Å². The zero-order valence-corrected chi connectivity index (χ0v) is 18.5. The highest BCUT2D eigenvalue weighted by molar-refractivity contribution is 7.99. The third-order valence-corrected chi connectivity index (χ3v) is 5.02. The van der Waals surface area contributed by atoms with Crippen LogP contribution in [0.4, 0.5) is 5.69 Å². The van der Waals surface area contributed by atoms with Crippen LogP contribution in [0.1, 0.15) is 16.2 Å². The Morgan fingerprint density at radius 2 is 1.72 bits per heavy atom. The molecule has 0 saturated heterocycles. The van der Waals surface area contributed by atoms with Crippen molar-refractivity contribution in [2.24, 2.45) is 0 Å². The van der Waals surface area contributed by atoms with Crippen LogP contribution in [0.25, 0.3) is 0 Å². The van der Waals surface area contributed by atoms with E-state index in [1.807, 2.05) is 6.07 Å². The second-order valence-electron chi connectivity index (χ2n) is 6.25. The number of ether oxygens (including phenoxy) is 3. The topological polar surface area (TPSA) is 125 Å². The van der Waals surface area contributed by atoms with E-state index in [1.54, 1.807) is 36.4 Å². The summed E-state index contributed by atoms with van der Waals surface area (Å²) in [4.78, 5) is 24.5. The van der Waals surface area contributed by atoms with E-state index in [2.05, 4.69) is 20.8 Å². The molecule has 0 aliphatic rings. The molecule has 3 aromatic rings. The van der Waals surface area contributed by atoms with Gasteiger partial charge in [0, 0.05) is 5.56 Å². The lowest BCUT2D eigenvalue weighted by Crippen LogP contribution is -2.23. The van der Waals surface area contributed by atoms with Gasteiger partial charge in [-0.15, -0.1) is 10.2 Å². The van der Waals surface area contributed by atoms with E-state index >= 15 is 0 Å². The molecule has 168 valence electrons. The summed E-state index contributed by atoms with van der Waals surface area (Å²) < 4.78 is 21.0. The van der Waals surface area contributed by atoms with E-state index in [0.717, 1.165) is 11.8 Å². The molecule has 2 aromatic carbocycles. The lowest BCUT2D eigenvalue weighted by molar-refractivity contribution is -0.113. The molecule has 10 nitrogen and oxygen atoms in total. The summed E-state index contributed by atoms with van der Waals surface area (Å²) in [6.45, 7) is 0.0359. The Kier molecular flexibility index (Phi) is 7.92. The fourth-order valence-corrected chi connectivity index (χ4v) is 3.25. The molecule has 0 saturated carbocycles. The first kappa shape index (κ1) is 22.9. The van der Waals surface area contributed by atoms with Gasteiger partial charge in [0.1, 0.15) is 5.75 Å². The van der Waals surface area contributed by atoms with Crippen LogP contribution in [0.5, 0.6) is 17.2 Å². The molecule has 3 rings (SSSR count). The molecule has 0 radical (unpaired) electrons. The minimum atomic E-state index is -0.338. The number of anilines is 1. The first-order valence-corrected chi connectivity index (χ1v) is 10.4. The highest BCUT2D eigenvalue weighted by Crippen LogP contribution is 2.27. The van der Waals surface area contributed by atoms with E-state index < -0.39 is 0 Å². The summed E-state index contributed by atoms with van der Waals surface area (Å²) in [7, 11) is 4.54. The molecule has 0 bridgehead atoms. The van der Waals surface area contributed by atoms with Crippen molar-refractivity contribution in [3.8, 4) is 17.2 Å². The van der Waals surface area contributed by atoms with Crippen LogP contribution >= 0.6 is 11.8 Å². The Morgan fingerprint density at radius 1 is 0.969 bits per heavy atom. The maximum absolute atomic E-state index is 12.4. The standard InChI is InChI=1S/C21H22N4O6S/c1-28-15-7-5-4-6-14(15)23-18(26)12-32-21-25-24-19(31-21)11-22-20(27)13-8-9-16(29-2)17(10-13)30-3/h4-10H,11-12H2,1-3H3,(H,22,27)(H,23,26). The molecule has 0 fully saturated rings. The summed E-state index contributed by atoms with van der Waals surface area (Å²) in [5.41, 5.74) is 0.967. The number of hydrogen-bond acceptors (Lipinski definition) is 9. The van der Waals surface area contributed by atoms with Gasteiger partial charge in [-0.1, -0.05) is 23.9 Å². The molecule has 32 heavy (non-hydrogen) atoms. The van der Waals surface area contributed by atoms with Crippen molar-refractivity contribution < 1.29 is 28.2 Å². The number of hydrogen-bond donors (Lipinski definition) is 2. The van der Waals surface area contributed by atoms with E-state index in [0.29, 0.717) is 28.5 Å². The van der Waals surface area contributed by atoms with Crippen molar-refractivity contribution in [2.75, 3.05) is 32.4 Å². The lowest BCUT2D eigenvalue weighted by Gasteiger charge is -2.09. The summed E-state index contributed by atoms with van der Waals surface area (Å²) in [6, 6.07) is 11.9. The normalized spacial score (nSPS) is 10.3. The lowest BCUT2D eigenvalue weighted by atomic mass is 10.2. The Balaban J connectivity index is 1.49. The third kappa shape index (κ3) is 5.91. The maximum Gasteiger partial charge on any atom is 0.277 e. The molecule has 2 amide bonds. The molecule has 1 aromatic heterocycles. The molecule has 2 N–H and O–H groups in total. The number of methoxy groups -OCH3 is 3. The molecule has 0 aliphatic heterocycles. The molecule has 1 heterocycles. The number of rotatable bonds is 10. The molecule has 0 aliphatic carbocycles. The first-order valence-electron chi connectivity index (χ1n) is 9.42. The highest BCUT2D eigenvalue weighted by Gasteiger charge is 2.14. The van der Waals surface area contributed by atoms with Crippen LogP contribution in [0.2, 0.25) is 0 Å². The molecule has 0 unspecified atom stereocenters. The van der Waals surface area contributed by atoms with Crippen molar-refractivity contribution in [2.45, 2.75) is 11.8 Å². The Bertz CT molecular complexity index is 1090. The second-order valence-corrected chi connectivity index (χ2v) is 7.18. The van der Waals surface area contributed by atoms with Crippen LogP contribution in [0.15, 0.2) is 52.1 Å². The molecular weight excluding hydrogens is 436 g/mol. The fourth-order valence-electron chi connectivity index (χ4n) is 2.66. The predicted octanol–water partition coefficient (Wildman–Crippen LogP) is 2.76. The van der Waals surface area contributed by atoms with Gasteiger partial charge < -0.3 is 29.3 Å². The van der Waals surface area contributed by atoms with Gasteiger partial charge in [-0.2, -0.15) is 0 Å². The number of nitrogens with one attached hydrogen (secondary N) is 2. The number of nitrogens with zero attached hydrogens (tertiary/aromatic N) is 2. The van der Waals surface area contributed by atoms with Crippen LogP contribution in [0.3, 0.4) is 0 Å². The minimum Gasteiger partial charge on any atom is -0.495 e. The van der Waals surface area contributed by atoms with Gasteiger partial charge in [0.2, 0.25) is 11.8 Å². The van der Waals surface area contributed by atoms with Gasteiger partial charge in [-0.3, -0.25) is 9.59 Å². The number of para-hydroxylation sites is 2. The summed E-state index contributed by atoms with van der Waals surface area (Å²) in [6.07, 6.45) is 0. The van der Waals surface area contributed by atoms with Crippen LogP contribution in [-0.2, 0) is 11.3 Å². The predicted molar refractivity (Wildman–Crippen MR) is 117 cm³/mol. The van der Waals surface area contributed by atoms with E-state index in [1.165, 1.54) is 21.3 Å². The van der Waals surface area contributed by atoms with E-state index in [-0.39, 0.29) is 35.2 Å². The summed E-state index contributed by atoms with van der Waals surface area (Å²) in [5.74, 6) is 1.23. The zero-order valence-electron chi connectivity index (χ0n) is 17.7. The van der Waals surface area contributed by atoms with Crippen LogP contribution in [0, 0.1) is 0 Å². The number of aromatic nitrogens is 2. The Hall–Kier alpha value is -3.73. The number of carbonyl (C=O) groups excluding carboxylic acids is 2. The number of amides is 2. The highest BCUT2D eigenvalue weighted by atomic mass is 32.2. The van der Waals surface area contributed by atoms with Crippen LogP contribution in [-0.4, -0.2) is 49.1 Å². The summed E-state index contributed by atoms with van der Waals surface area (Å²) >= 11 is 1.09. The second kappa shape index (κ2) is 11.0. The number of thioether (sulfide) groups is 1. The first-order chi connectivity index (χ1) is 15.5. The van der Waals surface area contributed by atoms with Crippen molar-refractivity contribution in [3.05, 3.63) is 53.9 Å². The molecular formula is C21H22N4O6S. The molecule has 0 atom stereocenters. The monoisotopic (exact) mass is 458 g/mol. The third-order valence-electron chi connectivity index (χ3n) is 4.20. The van der Waals surface area contributed by atoms with Crippen LogP contribution < -0.4 is 24.8 Å². The Morgan fingerprint density at radius 3 is 2.47 bits per heavy atom. The van der Waals surface area contributed by atoms with E-state index in [9.17, 15) is 9.59 Å². The zero-order chi connectivity index (χ0) is 22.9. The Labute approximate surface area is 188 Å². The maximum atomic E-state index is 12.4. The van der Waals surface area contributed by atoms with Gasteiger partial charge in [-0.05, 0) is 30.3 Å². The fraction of sp³-hybridized carbons (Fsp3) is 0.238. The van der Waals surface area contributed by atoms with Crippen molar-refractivity contribution >= 4 is 29.3 Å². The summed E-state index contributed by atoms with van der Waals surface area (Å²) in [5, 5.41) is 13.4. The molecule has 0 spiro atoms. The van der Waals surface area contributed by atoms with Gasteiger partial charge >= 0.3 is 0 Å². The molecule has 11 heteroatoms. The largest absolute Gasteiger partial charge is 0.495 e. The quantitative estimate of drug-likeness (QED) is 0.441. The number of benzene rings is 2. The van der Waals surface area contributed by atoms with Gasteiger partial charge in [0.25, 0.3) is 11.1 Å². The van der Waals surface area contributed by atoms with Crippen molar-refractivity contribution in [1.29, 1.82) is 0 Å². The van der Waals surface area contributed by atoms with Crippen molar-refractivity contribution in [3.63, 3.8) is 0 Å².